The number of amides is 2. The van der Waals surface area contributed by atoms with Crippen molar-refractivity contribution in [3.05, 3.63) is 22.2 Å². The van der Waals surface area contributed by atoms with E-state index in [2.05, 4.69) is 21.4 Å². The zero-order chi connectivity index (χ0) is 23.9. The average Bonchev–Trinajstić information content (AvgIpc) is 2.65. The smallest absolute Gasteiger partial charge is 0.430 e. The van der Waals surface area contributed by atoms with Crippen molar-refractivity contribution in [1.29, 1.82) is 0 Å². The van der Waals surface area contributed by atoms with Crippen molar-refractivity contribution in [3.63, 3.8) is 0 Å². The molecule has 0 aromatic heterocycles. The first-order valence-electron chi connectivity index (χ1n) is 9.47. The Morgan fingerprint density at radius 1 is 1.06 bits per heavy atom. The number of carbonyl (C=O) groups is 3. The van der Waals surface area contributed by atoms with Crippen LogP contribution in [-0.4, -0.2) is 60.2 Å². The number of carboxylic acid groups (broad SMARTS) is 1. The van der Waals surface area contributed by atoms with Gasteiger partial charge in [-0.3, -0.25) is 0 Å². The van der Waals surface area contributed by atoms with Crippen LogP contribution in [0.4, 0.5) is 9.59 Å². The van der Waals surface area contributed by atoms with Gasteiger partial charge in [0, 0.05) is 10.9 Å². The highest BCUT2D eigenvalue weighted by Gasteiger charge is 2.46. The van der Waals surface area contributed by atoms with E-state index in [4.69, 9.17) is 18.9 Å². The summed E-state index contributed by atoms with van der Waals surface area (Å²) >= 11 is 3.39. The number of rotatable bonds is 8. The summed E-state index contributed by atoms with van der Waals surface area (Å²) in [6, 6.07) is 3.20. The van der Waals surface area contributed by atoms with Gasteiger partial charge >= 0.3 is 18.2 Å². The van der Waals surface area contributed by atoms with Crippen molar-refractivity contribution >= 4 is 34.1 Å². The topological polar surface area (TPSA) is 124 Å². The van der Waals surface area contributed by atoms with Gasteiger partial charge < -0.3 is 24.1 Å². The molecule has 2 amide bonds. The summed E-state index contributed by atoms with van der Waals surface area (Å²) in [6.45, 7) is 7.73. The molecule has 1 atom stereocenters. The van der Waals surface area contributed by atoms with Crippen molar-refractivity contribution < 1.29 is 38.4 Å². The zero-order valence-corrected chi connectivity index (χ0v) is 20.2. The zero-order valence-electron chi connectivity index (χ0n) is 18.6. The number of carboxylic acids is 1. The maximum Gasteiger partial charge on any atom is 0.430 e. The molecule has 0 saturated heterocycles. The largest absolute Gasteiger partial charge is 0.493 e. The Kier molecular flexibility index (Phi) is 9.41. The van der Waals surface area contributed by atoms with Crippen molar-refractivity contribution in [1.82, 2.24) is 10.4 Å². The number of benzene rings is 1. The first kappa shape index (κ1) is 26.3. The quantitative estimate of drug-likeness (QED) is 0.512. The second kappa shape index (κ2) is 11.1. The van der Waals surface area contributed by atoms with Crippen molar-refractivity contribution in [2.24, 2.45) is 0 Å². The van der Waals surface area contributed by atoms with Gasteiger partial charge in [-0.2, -0.15) is 5.01 Å². The van der Waals surface area contributed by atoms with E-state index >= 15 is 0 Å². The molecular weight excluding hydrogens is 476 g/mol. The van der Waals surface area contributed by atoms with Crippen LogP contribution in [0.1, 0.15) is 40.2 Å². The summed E-state index contributed by atoms with van der Waals surface area (Å²) in [7, 11) is 2.92. The van der Waals surface area contributed by atoms with Crippen LogP contribution in [0.15, 0.2) is 16.6 Å². The molecule has 2 N–H and O–H groups in total. The lowest BCUT2D eigenvalue weighted by Gasteiger charge is -2.37. The molecule has 1 aromatic rings. The van der Waals surface area contributed by atoms with Crippen LogP contribution in [0, 0.1) is 0 Å². The highest BCUT2D eigenvalue weighted by Crippen LogP contribution is 2.36. The first-order valence-corrected chi connectivity index (χ1v) is 10.3. The maximum absolute atomic E-state index is 12.7. The SMILES string of the molecule is COc1cc(Br)c(CC(C)(C(=O)O)N(NC(=O)OC(C)C)C(=O)OC(C)C)cc1OC. The number of carbonyl (C=O) groups excluding carboxylic acids is 2. The molecule has 31 heavy (non-hydrogen) atoms. The number of nitrogens with zero attached hydrogens (tertiary/aromatic N) is 1. The fourth-order valence-corrected chi connectivity index (χ4v) is 3.07. The molecule has 1 aromatic carbocycles. The summed E-state index contributed by atoms with van der Waals surface area (Å²) in [5, 5.41) is 10.7. The third-order valence-corrected chi connectivity index (χ3v) is 4.84. The first-order chi connectivity index (χ1) is 14.3. The van der Waals surface area contributed by atoms with Crippen molar-refractivity contribution in [2.75, 3.05) is 14.2 Å². The van der Waals surface area contributed by atoms with Crippen LogP contribution in [0.2, 0.25) is 0 Å². The highest BCUT2D eigenvalue weighted by atomic mass is 79.9. The van der Waals surface area contributed by atoms with Gasteiger partial charge in [0.25, 0.3) is 0 Å². The van der Waals surface area contributed by atoms with Crippen LogP contribution in [0.5, 0.6) is 11.5 Å². The molecule has 0 spiro atoms. The van der Waals surface area contributed by atoms with E-state index in [1.165, 1.54) is 21.1 Å². The molecule has 174 valence electrons. The molecule has 0 saturated carbocycles. The average molecular weight is 505 g/mol. The second-order valence-corrected chi connectivity index (χ2v) is 8.24. The van der Waals surface area contributed by atoms with Gasteiger partial charge in [0.15, 0.2) is 17.0 Å². The number of methoxy groups -OCH3 is 2. The molecule has 0 fully saturated rings. The Labute approximate surface area is 189 Å². The second-order valence-electron chi connectivity index (χ2n) is 7.39. The minimum Gasteiger partial charge on any atom is -0.493 e. The molecule has 0 heterocycles. The van der Waals surface area contributed by atoms with Gasteiger partial charge in [-0.05, 0) is 52.3 Å². The molecule has 0 aliphatic carbocycles. The van der Waals surface area contributed by atoms with E-state index in [1.807, 2.05) is 0 Å². The molecule has 0 aliphatic heterocycles. The molecule has 1 rings (SSSR count). The lowest BCUT2D eigenvalue weighted by atomic mass is 9.92. The van der Waals surface area contributed by atoms with Crippen LogP contribution in [0.3, 0.4) is 0 Å². The number of hydrogen-bond donors (Lipinski definition) is 2. The van der Waals surface area contributed by atoms with E-state index < -0.39 is 35.9 Å². The van der Waals surface area contributed by atoms with E-state index in [0.29, 0.717) is 26.5 Å². The van der Waals surface area contributed by atoms with Crippen LogP contribution < -0.4 is 14.9 Å². The number of aliphatic carboxylic acids is 1. The normalized spacial score (nSPS) is 12.7. The lowest BCUT2D eigenvalue weighted by Crippen LogP contribution is -2.63. The van der Waals surface area contributed by atoms with E-state index in [0.717, 1.165) is 0 Å². The summed E-state index contributed by atoms with van der Waals surface area (Å²) in [5.41, 5.74) is 0.761. The standard InChI is InChI=1S/C20H29BrN2O8/c1-11(2)30-18(26)22-23(19(27)31-12(3)4)20(5,17(24)25)10-13-8-15(28-6)16(29-7)9-14(13)21/h8-9,11-12H,10H2,1-7H3,(H,22,26)(H,24,25). The van der Waals surface area contributed by atoms with Crippen LogP contribution in [-0.2, 0) is 20.7 Å². The van der Waals surface area contributed by atoms with E-state index in [1.54, 1.807) is 39.8 Å². The van der Waals surface area contributed by atoms with Gasteiger partial charge in [-0.25, -0.2) is 19.8 Å². The number of hydrazine groups is 1. The third kappa shape index (κ3) is 6.91. The Morgan fingerprint density at radius 2 is 1.58 bits per heavy atom. The number of halogens is 1. The Hall–Kier alpha value is -2.69. The summed E-state index contributed by atoms with van der Waals surface area (Å²) in [4.78, 5) is 37.3. The van der Waals surface area contributed by atoms with Crippen molar-refractivity contribution in [2.45, 2.75) is 58.8 Å². The Bertz CT molecular complexity index is 815. The molecule has 0 aliphatic rings. The predicted octanol–water partition coefficient (Wildman–Crippen LogP) is 3.75. The van der Waals surface area contributed by atoms with Crippen LogP contribution in [0.25, 0.3) is 0 Å². The van der Waals surface area contributed by atoms with Crippen LogP contribution >= 0.6 is 15.9 Å². The molecule has 0 radical (unpaired) electrons. The predicted molar refractivity (Wildman–Crippen MR) is 115 cm³/mol. The fourth-order valence-electron chi connectivity index (χ4n) is 2.61. The third-order valence-electron chi connectivity index (χ3n) is 4.11. The molecule has 1 unspecified atom stereocenters. The minimum absolute atomic E-state index is 0.210. The lowest BCUT2D eigenvalue weighted by molar-refractivity contribution is -0.151. The van der Waals surface area contributed by atoms with Gasteiger partial charge in [0.05, 0.1) is 26.4 Å². The van der Waals surface area contributed by atoms with Gasteiger partial charge in [0.1, 0.15) is 0 Å². The fraction of sp³-hybridized carbons (Fsp3) is 0.550. The van der Waals surface area contributed by atoms with E-state index in [9.17, 15) is 19.5 Å². The van der Waals surface area contributed by atoms with Gasteiger partial charge in [-0.1, -0.05) is 15.9 Å². The number of ether oxygens (including phenoxy) is 4. The monoisotopic (exact) mass is 504 g/mol. The summed E-state index contributed by atoms with van der Waals surface area (Å²) < 4.78 is 21.2. The molecule has 10 nitrogen and oxygen atoms in total. The highest BCUT2D eigenvalue weighted by molar-refractivity contribution is 9.10. The maximum atomic E-state index is 12.7. The summed E-state index contributed by atoms with van der Waals surface area (Å²) in [5.74, 6) is -0.568. The number of hydrogen-bond acceptors (Lipinski definition) is 7. The Balaban J connectivity index is 3.45. The molecule has 11 heteroatoms. The summed E-state index contributed by atoms with van der Waals surface area (Å²) in [6.07, 6.45) is -3.28. The minimum atomic E-state index is -1.94. The van der Waals surface area contributed by atoms with E-state index in [-0.39, 0.29) is 6.42 Å². The van der Waals surface area contributed by atoms with Gasteiger partial charge in [0.2, 0.25) is 0 Å². The molecule has 0 bridgehead atoms. The number of nitrogens with one attached hydrogen (secondary N) is 1. The molecular formula is C20H29BrN2O8. The Morgan fingerprint density at radius 3 is 2.03 bits per heavy atom. The van der Waals surface area contributed by atoms with Crippen molar-refractivity contribution in [3.8, 4) is 11.5 Å². The van der Waals surface area contributed by atoms with Gasteiger partial charge in [-0.15, -0.1) is 0 Å².